The van der Waals surface area contributed by atoms with Crippen LogP contribution in [0.5, 0.6) is 0 Å². The van der Waals surface area contributed by atoms with Gasteiger partial charge in [0.25, 0.3) is 0 Å². The SMILES string of the molecule is FC(F)C(F)(F)F.FCF.N. The Morgan fingerprint density at radius 1 is 1.00 bits per heavy atom. The molecule has 0 saturated carbocycles. The van der Waals surface area contributed by atoms with Crippen LogP contribution in [0.25, 0.3) is 0 Å². The summed E-state index contributed by atoms with van der Waals surface area (Å²) in [6.07, 6.45) is -9.53. The summed E-state index contributed by atoms with van der Waals surface area (Å²) in [6.45, 7) is -1.75. The average Bonchev–Trinajstić information content (AvgIpc) is 1.64. The van der Waals surface area contributed by atoms with Gasteiger partial charge in [0.15, 0.2) is 0 Å². The molecule has 0 fully saturated rings. The fourth-order valence-corrected chi connectivity index (χ4v) is 0. The first-order valence-corrected chi connectivity index (χ1v) is 1.83. The van der Waals surface area contributed by atoms with Crippen LogP contribution in [0.15, 0.2) is 0 Å². The molecule has 0 aromatic carbocycles. The molecule has 11 heavy (non-hydrogen) atoms. The van der Waals surface area contributed by atoms with E-state index in [9.17, 15) is 30.7 Å². The molecule has 0 aromatic rings. The minimum Gasteiger partial charge on any atom is -0.344 e. The number of rotatable bonds is 0. The van der Waals surface area contributed by atoms with E-state index in [0.717, 1.165) is 0 Å². The van der Waals surface area contributed by atoms with Gasteiger partial charge in [-0.3, -0.25) is 0 Å². The molecule has 0 aliphatic carbocycles. The van der Waals surface area contributed by atoms with Gasteiger partial charge in [-0.25, -0.2) is 17.6 Å². The lowest BCUT2D eigenvalue weighted by atomic mass is 10.7. The molecule has 0 aliphatic rings. The Balaban J connectivity index is -0.000000140. The fourth-order valence-electron chi connectivity index (χ4n) is 0. The van der Waals surface area contributed by atoms with Crippen molar-refractivity contribution in [1.82, 2.24) is 6.15 Å². The molecular weight excluding hydrogens is 183 g/mol. The van der Waals surface area contributed by atoms with Crippen LogP contribution >= 0.6 is 0 Å². The van der Waals surface area contributed by atoms with Crippen molar-refractivity contribution < 1.29 is 30.7 Å². The van der Waals surface area contributed by atoms with Gasteiger partial charge >= 0.3 is 12.6 Å². The standard InChI is InChI=1S/C2HF5.CH2F2.H3N/c3-1(4)2(5,6)7;2-1-3;/h1H;1H2;1H3. The van der Waals surface area contributed by atoms with Crippen molar-refractivity contribution in [2.75, 3.05) is 6.93 Å². The Kier molecular flexibility index (Phi) is 11.6. The van der Waals surface area contributed by atoms with Crippen LogP contribution < -0.4 is 6.15 Å². The van der Waals surface area contributed by atoms with E-state index >= 15 is 0 Å². The molecule has 0 radical (unpaired) electrons. The molecule has 0 bridgehead atoms. The molecule has 0 rings (SSSR count). The van der Waals surface area contributed by atoms with Gasteiger partial charge in [-0.05, 0) is 0 Å². The summed E-state index contributed by atoms with van der Waals surface area (Å²) in [6, 6.07) is 0. The molecule has 0 heterocycles. The highest BCUT2D eigenvalue weighted by atomic mass is 19.4. The first-order valence-electron chi connectivity index (χ1n) is 1.83. The third kappa shape index (κ3) is 17.7. The molecule has 0 saturated heterocycles. The van der Waals surface area contributed by atoms with Gasteiger partial charge in [0.2, 0.25) is 6.93 Å². The van der Waals surface area contributed by atoms with E-state index in [0.29, 0.717) is 0 Å². The van der Waals surface area contributed by atoms with Crippen molar-refractivity contribution >= 4 is 0 Å². The molecule has 0 unspecified atom stereocenters. The zero-order chi connectivity index (χ0) is 8.78. The predicted molar refractivity (Wildman–Crippen MR) is 24.2 cm³/mol. The van der Waals surface area contributed by atoms with Crippen LogP contribution in [0.4, 0.5) is 30.7 Å². The second-order valence-electron chi connectivity index (χ2n) is 0.943. The maximum absolute atomic E-state index is 10.4. The van der Waals surface area contributed by atoms with Crippen LogP contribution in [0.3, 0.4) is 0 Å². The van der Waals surface area contributed by atoms with Crippen LogP contribution in [-0.4, -0.2) is 19.5 Å². The van der Waals surface area contributed by atoms with Gasteiger partial charge in [0.1, 0.15) is 0 Å². The van der Waals surface area contributed by atoms with Gasteiger partial charge in [-0.1, -0.05) is 0 Å². The molecular formula is C3H6F7N. The van der Waals surface area contributed by atoms with Crippen molar-refractivity contribution in [3.05, 3.63) is 0 Å². The van der Waals surface area contributed by atoms with Gasteiger partial charge in [-0.15, -0.1) is 0 Å². The van der Waals surface area contributed by atoms with E-state index in [2.05, 4.69) is 0 Å². The maximum atomic E-state index is 10.4. The topological polar surface area (TPSA) is 35.0 Å². The highest BCUT2D eigenvalue weighted by Crippen LogP contribution is 2.22. The molecule has 0 amide bonds. The Labute approximate surface area is 57.8 Å². The lowest BCUT2D eigenvalue weighted by molar-refractivity contribution is -0.219. The summed E-state index contributed by atoms with van der Waals surface area (Å²) >= 11 is 0. The smallest absolute Gasteiger partial charge is 0.344 e. The second-order valence-corrected chi connectivity index (χ2v) is 0.943. The molecule has 3 N–H and O–H groups in total. The largest absolute Gasteiger partial charge is 0.450 e. The molecule has 1 nitrogen and oxygen atoms in total. The molecule has 8 heteroatoms. The van der Waals surface area contributed by atoms with E-state index in [4.69, 9.17) is 0 Å². The zero-order valence-corrected chi connectivity index (χ0v) is 5.14. The number of hydrogen-bond donors (Lipinski definition) is 1. The fraction of sp³-hybridized carbons (Fsp3) is 1.00. The minimum atomic E-state index is -5.33. The molecule has 0 atom stereocenters. The summed E-state index contributed by atoms with van der Waals surface area (Å²) in [5.74, 6) is 0. The van der Waals surface area contributed by atoms with Gasteiger partial charge in [0, 0.05) is 0 Å². The quantitative estimate of drug-likeness (QED) is 0.584. The lowest BCUT2D eigenvalue weighted by Gasteiger charge is -2.00. The van der Waals surface area contributed by atoms with Crippen LogP contribution in [-0.2, 0) is 0 Å². The summed E-state index contributed by atoms with van der Waals surface area (Å²) in [4.78, 5) is 0. The third-order valence-electron chi connectivity index (χ3n) is 0.247. The van der Waals surface area contributed by atoms with E-state index in [1.54, 1.807) is 0 Å². The Morgan fingerprint density at radius 3 is 1.09 bits per heavy atom. The summed E-state index contributed by atoms with van der Waals surface area (Å²) in [5.41, 5.74) is 0. The summed E-state index contributed by atoms with van der Waals surface area (Å²) in [7, 11) is 0. The highest BCUT2D eigenvalue weighted by Gasteiger charge is 2.40. The lowest BCUT2D eigenvalue weighted by Crippen LogP contribution is -2.18. The van der Waals surface area contributed by atoms with E-state index in [1.165, 1.54) is 0 Å². The Hall–Kier alpha value is -0.530. The van der Waals surface area contributed by atoms with Crippen molar-refractivity contribution in [1.29, 1.82) is 0 Å². The van der Waals surface area contributed by atoms with E-state index < -0.39 is 19.5 Å². The Bertz CT molecular complexity index is 68.6. The summed E-state index contributed by atoms with van der Waals surface area (Å²) < 4.78 is 71.4. The van der Waals surface area contributed by atoms with Crippen LogP contribution in [0.1, 0.15) is 0 Å². The number of halogens is 7. The van der Waals surface area contributed by atoms with Crippen LogP contribution in [0.2, 0.25) is 0 Å². The molecule has 0 aliphatic heterocycles. The van der Waals surface area contributed by atoms with Crippen molar-refractivity contribution in [2.24, 2.45) is 0 Å². The van der Waals surface area contributed by atoms with E-state index in [-0.39, 0.29) is 6.15 Å². The highest BCUT2D eigenvalue weighted by molar-refractivity contribution is 4.48. The monoisotopic (exact) mass is 189 g/mol. The number of hydrogen-bond acceptors (Lipinski definition) is 1. The predicted octanol–water partition coefficient (Wildman–Crippen LogP) is 2.86. The summed E-state index contributed by atoms with van der Waals surface area (Å²) in [5, 5.41) is 0. The molecule has 0 aromatic heterocycles. The molecule has 72 valence electrons. The molecule has 0 spiro atoms. The van der Waals surface area contributed by atoms with Gasteiger partial charge in [0.05, 0.1) is 0 Å². The normalized spacial score (nSPS) is 9.82. The van der Waals surface area contributed by atoms with Crippen molar-refractivity contribution in [3.8, 4) is 0 Å². The zero-order valence-electron chi connectivity index (χ0n) is 5.14. The van der Waals surface area contributed by atoms with E-state index in [1.807, 2.05) is 0 Å². The van der Waals surface area contributed by atoms with Crippen molar-refractivity contribution in [3.63, 3.8) is 0 Å². The van der Waals surface area contributed by atoms with Gasteiger partial charge < -0.3 is 6.15 Å². The van der Waals surface area contributed by atoms with Crippen molar-refractivity contribution in [2.45, 2.75) is 12.6 Å². The Morgan fingerprint density at radius 2 is 1.09 bits per heavy atom. The van der Waals surface area contributed by atoms with Crippen LogP contribution in [0, 0.1) is 0 Å². The first-order chi connectivity index (χ1) is 4.36. The maximum Gasteiger partial charge on any atom is 0.450 e. The second kappa shape index (κ2) is 7.58. The number of alkyl halides is 7. The average molecular weight is 189 g/mol. The third-order valence-corrected chi connectivity index (χ3v) is 0.247. The first kappa shape index (κ1) is 16.8. The van der Waals surface area contributed by atoms with Gasteiger partial charge in [-0.2, -0.15) is 13.2 Å². The minimum absolute atomic E-state index is 0.